The Hall–Kier alpha value is -3.94. The lowest BCUT2D eigenvalue weighted by atomic mass is 10.1. The molecule has 2 aromatic carbocycles. The third kappa shape index (κ3) is 3.65. The van der Waals surface area contributed by atoms with Crippen molar-refractivity contribution in [3.8, 4) is 33.5 Å². The molecule has 0 spiro atoms. The van der Waals surface area contributed by atoms with Crippen LogP contribution in [0.1, 0.15) is 5.56 Å². The van der Waals surface area contributed by atoms with Gasteiger partial charge in [0.15, 0.2) is 0 Å². The maximum absolute atomic E-state index is 11.8. The Bertz CT molecular complexity index is 1720. The smallest absolute Gasteiger partial charge is 0.336 e. The first-order chi connectivity index (χ1) is 16.5. The fourth-order valence-electron chi connectivity index (χ4n) is 3.89. The summed E-state index contributed by atoms with van der Waals surface area (Å²) in [5.74, 6) is 0.843. The topological polar surface area (TPSA) is 69.6 Å². The Morgan fingerprint density at radius 3 is 2.74 bits per heavy atom. The molecule has 4 heterocycles. The van der Waals surface area contributed by atoms with Crippen LogP contribution in [0, 0.1) is 6.92 Å². The molecule has 0 atom stereocenters. The Labute approximate surface area is 202 Å². The molecule has 0 N–H and O–H groups in total. The lowest BCUT2D eigenvalue weighted by Crippen LogP contribution is -1.99. The number of fused-ring (bicyclic) bond motifs is 2. The minimum Gasteiger partial charge on any atom is -0.436 e. The van der Waals surface area contributed by atoms with Gasteiger partial charge in [0.1, 0.15) is 17.0 Å². The molecule has 0 aliphatic carbocycles. The summed E-state index contributed by atoms with van der Waals surface area (Å²) >= 11 is 7.67. The van der Waals surface area contributed by atoms with E-state index < -0.39 is 5.63 Å². The Morgan fingerprint density at radius 1 is 1.09 bits per heavy atom. The van der Waals surface area contributed by atoms with Crippen LogP contribution in [0.2, 0.25) is 5.02 Å². The molecule has 0 unspecified atom stereocenters. The number of aryl methyl sites for hydroxylation is 1. The second kappa shape index (κ2) is 8.13. The van der Waals surface area contributed by atoms with E-state index in [0.29, 0.717) is 27.9 Å². The fourth-order valence-corrected chi connectivity index (χ4v) is 4.69. The van der Waals surface area contributed by atoms with E-state index >= 15 is 0 Å². The molecule has 166 valence electrons. The van der Waals surface area contributed by atoms with Crippen molar-refractivity contribution in [2.75, 3.05) is 0 Å². The quantitative estimate of drug-likeness (QED) is 0.252. The van der Waals surface area contributed by atoms with E-state index in [2.05, 4.69) is 4.98 Å². The van der Waals surface area contributed by atoms with Crippen LogP contribution in [0.15, 0.2) is 87.6 Å². The van der Waals surface area contributed by atoms with Gasteiger partial charge in [-0.3, -0.25) is 4.40 Å². The minimum absolute atomic E-state index is 0.348. The molecule has 34 heavy (non-hydrogen) atoms. The molecular formula is C26H16ClN3O3S. The largest absolute Gasteiger partial charge is 0.436 e. The van der Waals surface area contributed by atoms with Gasteiger partial charge in [0.05, 0.1) is 16.8 Å². The highest BCUT2D eigenvalue weighted by atomic mass is 35.5. The molecule has 0 radical (unpaired) electrons. The van der Waals surface area contributed by atoms with Crippen molar-refractivity contribution in [3.63, 3.8) is 0 Å². The van der Waals surface area contributed by atoms with Gasteiger partial charge in [-0.2, -0.15) is 0 Å². The van der Waals surface area contributed by atoms with Gasteiger partial charge in [-0.05, 0) is 48.2 Å². The highest BCUT2D eigenvalue weighted by molar-refractivity contribution is 7.13. The third-order valence-electron chi connectivity index (χ3n) is 5.51. The molecule has 0 saturated carbocycles. The van der Waals surface area contributed by atoms with Gasteiger partial charge >= 0.3 is 5.63 Å². The molecule has 6 nitrogen and oxygen atoms in total. The van der Waals surface area contributed by atoms with E-state index in [4.69, 9.17) is 25.7 Å². The van der Waals surface area contributed by atoms with Crippen molar-refractivity contribution >= 4 is 39.6 Å². The van der Waals surface area contributed by atoms with Crippen LogP contribution in [0.4, 0.5) is 0 Å². The van der Waals surface area contributed by atoms with Crippen LogP contribution >= 0.6 is 22.9 Å². The number of rotatable bonds is 4. The van der Waals surface area contributed by atoms with E-state index in [1.807, 2.05) is 71.4 Å². The van der Waals surface area contributed by atoms with Gasteiger partial charge in [-0.15, -0.1) is 11.3 Å². The molecule has 0 bridgehead atoms. The number of nitrogens with zero attached hydrogens (tertiary/aromatic N) is 3. The Morgan fingerprint density at radius 2 is 1.94 bits per heavy atom. The van der Waals surface area contributed by atoms with Crippen molar-refractivity contribution in [3.05, 3.63) is 99.4 Å². The lowest BCUT2D eigenvalue weighted by molar-refractivity contribution is 0.464. The fraction of sp³-hybridized carbons (Fsp3) is 0.0385. The van der Waals surface area contributed by atoms with Gasteiger partial charge < -0.3 is 9.15 Å². The molecule has 0 amide bonds. The van der Waals surface area contributed by atoms with Gasteiger partial charge in [-0.25, -0.2) is 14.8 Å². The number of benzene rings is 2. The number of imidazole rings is 1. The second-order valence-corrected chi connectivity index (χ2v) is 9.15. The summed E-state index contributed by atoms with van der Waals surface area (Å²) < 4.78 is 13.6. The molecule has 4 aromatic heterocycles. The second-order valence-electron chi connectivity index (χ2n) is 7.76. The highest BCUT2D eigenvalue weighted by Gasteiger charge is 2.17. The van der Waals surface area contributed by atoms with Crippen molar-refractivity contribution in [1.82, 2.24) is 14.4 Å². The van der Waals surface area contributed by atoms with E-state index in [0.717, 1.165) is 32.8 Å². The number of hydrogen-bond donors (Lipinski definition) is 0. The summed E-state index contributed by atoms with van der Waals surface area (Å²) in [5, 5.41) is 3.52. The first-order valence-corrected chi connectivity index (χ1v) is 11.7. The maximum atomic E-state index is 11.8. The monoisotopic (exact) mass is 485 g/mol. The predicted octanol–water partition coefficient (Wildman–Crippen LogP) is 6.99. The zero-order chi connectivity index (χ0) is 23.2. The molecule has 6 rings (SSSR count). The van der Waals surface area contributed by atoms with Crippen LogP contribution in [-0.4, -0.2) is 14.4 Å². The van der Waals surface area contributed by atoms with Crippen molar-refractivity contribution in [2.24, 2.45) is 0 Å². The predicted molar refractivity (Wildman–Crippen MR) is 134 cm³/mol. The van der Waals surface area contributed by atoms with Crippen LogP contribution in [0.5, 0.6) is 11.6 Å². The van der Waals surface area contributed by atoms with Gasteiger partial charge in [0.25, 0.3) is 5.88 Å². The summed E-state index contributed by atoms with van der Waals surface area (Å²) in [5.41, 5.74) is 4.08. The molecule has 0 aliphatic heterocycles. The summed E-state index contributed by atoms with van der Waals surface area (Å²) in [4.78, 5) is 22.2. The third-order valence-corrected chi connectivity index (χ3v) is 6.66. The summed E-state index contributed by atoms with van der Waals surface area (Å²) in [6.07, 6.45) is 3.74. The zero-order valence-corrected chi connectivity index (χ0v) is 19.4. The van der Waals surface area contributed by atoms with E-state index in [9.17, 15) is 4.79 Å². The van der Waals surface area contributed by atoms with Gasteiger partial charge in [0.2, 0.25) is 5.65 Å². The first kappa shape index (κ1) is 20.7. The summed E-state index contributed by atoms with van der Waals surface area (Å²) in [6.45, 7) is 1.87. The average Bonchev–Trinajstić information content (AvgIpc) is 3.50. The van der Waals surface area contributed by atoms with Crippen LogP contribution in [0.3, 0.4) is 0 Å². The molecule has 0 saturated heterocycles. The van der Waals surface area contributed by atoms with Crippen molar-refractivity contribution in [1.29, 1.82) is 0 Å². The van der Waals surface area contributed by atoms with Gasteiger partial charge in [-0.1, -0.05) is 29.8 Å². The first-order valence-electron chi connectivity index (χ1n) is 10.5. The standard InChI is InChI=1S/C26H16ClN3O3S/c1-15-11-24(31)33-22-12-18(8-9-19(15)22)32-26-25-28-13-21(16-4-6-17(27)7-5-16)30(25)14-20(29-26)23-3-2-10-34-23/h2-14H,1H3. The van der Waals surface area contributed by atoms with Crippen molar-refractivity contribution in [2.45, 2.75) is 6.92 Å². The van der Waals surface area contributed by atoms with E-state index in [1.54, 1.807) is 23.6 Å². The Balaban J connectivity index is 1.52. The molecule has 0 fully saturated rings. The summed E-state index contributed by atoms with van der Waals surface area (Å²) in [6, 6.07) is 18.5. The average molecular weight is 486 g/mol. The number of ether oxygens (including phenoxy) is 1. The van der Waals surface area contributed by atoms with Crippen LogP contribution < -0.4 is 10.4 Å². The number of halogens is 1. The SMILES string of the molecule is Cc1cc(=O)oc2cc(Oc3nc(-c4cccs4)cn4c(-c5ccc(Cl)cc5)cnc34)ccc12. The normalized spacial score (nSPS) is 11.4. The zero-order valence-electron chi connectivity index (χ0n) is 17.9. The lowest BCUT2D eigenvalue weighted by Gasteiger charge is -2.10. The number of thiophene rings is 1. The summed E-state index contributed by atoms with van der Waals surface area (Å²) in [7, 11) is 0. The van der Waals surface area contributed by atoms with Gasteiger partial charge in [0, 0.05) is 34.3 Å². The molecule has 0 aliphatic rings. The van der Waals surface area contributed by atoms with Crippen LogP contribution in [-0.2, 0) is 0 Å². The minimum atomic E-state index is -0.400. The number of aromatic nitrogens is 3. The number of hydrogen-bond acceptors (Lipinski definition) is 6. The van der Waals surface area contributed by atoms with E-state index in [1.165, 1.54) is 6.07 Å². The highest BCUT2D eigenvalue weighted by Crippen LogP contribution is 2.33. The van der Waals surface area contributed by atoms with Crippen LogP contribution in [0.25, 0.3) is 38.4 Å². The molecule has 6 aromatic rings. The molecular weight excluding hydrogens is 470 g/mol. The Kier molecular flexibility index (Phi) is 4.94. The van der Waals surface area contributed by atoms with Crippen molar-refractivity contribution < 1.29 is 9.15 Å². The van der Waals surface area contributed by atoms with E-state index in [-0.39, 0.29) is 0 Å². The maximum Gasteiger partial charge on any atom is 0.336 e. The molecule has 8 heteroatoms.